The molecule has 0 saturated heterocycles. The number of hydrogen-bond acceptors (Lipinski definition) is 1. The first kappa shape index (κ1) is 24.4. The molecule has 0 aromatic heterocycles. The van der Waals surface area contributed by atoms with E-state index in [0.717, 1.165) is 12.0 Å². The average molecular weight is 498 g/mol. The van der Waals surface area contributed by atoms with E-state index in [0.29, 0.717) is 11.6 Å². The Hall–Kier alpha value is -2.30. The minimum Gasteiger partial charge on any atom is -0.388 e. The molecule has 178 valence electrons. The van der Waals surface area contributed by atoms with E-state index in [1.54, 1.807) is 0 Å². The molecule has 1 aliphatic carbocycles. The molecule has 1 aliphatic rings. The maximum atomic E-state index is 12.1. The van der Waals surface area contributed by atoms with E-state index in [1.165, 1.54) is 34.1 Å². The maximum absolute atomic E-state index is 12.1. The highest BCUT2D eigenvalue weighted by molar-refractivity contribution is 7.82. The highest BCUT2D eigenvalue weighted by Crippen LogP contribution is 2.63. The van der Waals surface area contributed by atoms with Crippen LogP contribution in [0.25, 0.3) is 0 Å². The summed E-state index contributed by atoms with van der Waals surface area (Å²) in [4.78, 5) is 0. The van der Waals surface area contributed by atoms with Crippen LogP contribution >= 0.6 is 15.2 Å². The molecule has 1 saturated carbocycles. The van der Waals surface area contributed by atoms with Gasteiger partial charge in [0.05, 0.1) is 30.4 Å². The van der Waals surface area contributed by atoms with Crippen molar-refractivity contribution < 1.29 is 5.11 Å². The Bertz CT molecular complexity index is 1180. The van der Waals surface area contributed by atoms with E-state index in [1.807, 2.05) is 0 Å². The lowest BCUT2D eigenvalue weighted by Gasteiger charge is -2.33. The normalized spacial score (nSPS) is 19.1. The number of benzene rings is 4. The van der Waals surface area contributed by atoms with Crippen LogP contribution in [0.1, 0.15) is 30.9 Å². The van der Waals surface area contributed by atoms with Crippen LogP contribution in [0, 0.1) is 5.92 Å². The monoisotopic (exact) mass is 497 g/mol. The quantitative estimate of drug-likeness (QED) is 0.299. The van der Waals surface area contributed by atoms with E-state index in [4.69, 9.17) is 0 Å². The predicted molar refractivity (Wildman–Crippen MR) is 156 cm³/mol. The first-order valence-electron chi connectivity index (χ1n) is 12.6. The van der Waals surface area contributed by atoms with Crippen molar-refractivity contribution in [1.29, 1.82) is 0 Å². The van der Waals surface area contributed by atoms with Crippen LogP contribution in [0.5, 0.6) is 0 Å². The van der Waals surface area contributed by atoms with Crippen molar-refractivity contribution >= 4 is 36.4 Å². The van der Waals surface area contributed by atoms with E-state index in [-0.39, 0.29) is 0 Å². The summed E-state index contributed by atoms with van der Waals surface area (Å²) >= 11 is 0. The lowest BCUT2D eigenvalue weighted by Crippen LogP contribution is -2.31. The maximum Gasteiger partial charge on any atom is 0.0936 e. The highest BCUT2D eigenvalue weighted by Gasteiger charge is 2.49. The number of aliphatic hydroxyl groups is 1. The van der Waals surface area contributed by atoms with Crippen molar-refractivity contribution in [3.8, 4) is 0 Å². The summed E-state index contributed by atoms with van der Waals surface area (Å²) in [5.41, 5.74) is 1.67. The van der Waals surface area contributed by atoms with Crippen LogP contribution < -0.4 is 21.2 Å². The topological polar surface area (TPSA) is 20.2 Å². The third-order valence-corrected chi connectivity index (χ3v) is 14.2. The van der Waals surface area contributed by atoms with Gasteiger partial charge in [-0.1, -0.05) is 103 Å². The molecule has 0 aliphatic heterocycles. The molecule has 1 fully saturated rings. The third-order valence-electron chi connectivity index (χ3n) is 7.71. The molecule has 35 heavy (non-hydrogen) atoms. The van der Waals surface area contributed by atoms with Crippen LogP contribution in [0.4, 0.5) is 0 Å². The Labute approximate surface area is 212 Å². The molecule has 0 amide bonds. The van der Waals surface area contributed by atoms with Gasteiger partial charge < -0.3 is 5.11 Å². The number of rotatable bonds is 7. The van der Waals surface area contributed by atoms with Crippen molar-refractivity contribution in [3.05, 3.63) is 121 Å². The van der Waals surface area contributed by atoms with E-state index < -0.39 is 21.3 Å². The standard InChI is InChI=1S/C32H35OP2/c1-35(2,27-19-10-5-11-20-27)31-24-14-22-29(31)32(33)28-21-12-13-23-30(28)34(25-15-6-3-7-16-25)26-17-8-4-9-18-26/h3-13,15-21,23,29,31-33H,14,22,24H2,1-2H3/q+1/t29?,31?,32-/m0/s1. The van der Waals surface area contributed by atoms with E-state index in [9.17, 15) is 5.11 Å². The van der Waals surface area contributed by atoms with Crippen molar-refractivity contribution in [1.82, 2.24) is 0 Å². The minimum absolute atomic E-state index is 0.295. The molecule has 0 radical (unpaired) electrons. The Morgan fingerprint density at radius 1 is 0.686 bits per heavy atom. The van der Waals surface area contributed by atoms with Crippen LogP contribution in [-0.4, -0.2) is 24.1 Å². The predicted octanol–water partition coefficient (Wildman–Crippen LogP) is 6.25. The summed E-state index contributed by atoms with van der Waals surface area (Å²) in [6, 6.07) is 41.4. The lowest BCUT2D eigenvalue weighted by molar-refractivity contribution is 0.114. The van der Waals surface area contributed by atoms with E-state index >= 15 is 0 Å². The molecule has 5 rings (SSSR count). The minimum atomic E-state index is -1.38. The van der Waals surface area contributed by atoms with Crippen molar-refractivity contribution in [2.75, 3.05) is 13.3 Å². The van der Waals surface area contributed by atoms with Crippen molar-refractivity contribution in [2.45, 2.75) is 31.0 Å². The number of aliphatic hydroxyl groups excluding tert-OH is 1. The van der Waals surface area contributed by atoms with Crippen LogP contribution in [0.3, 0.4) is 0 Å². The first-order valence-corrected chi connectivity index (χ1v) is 16.7. The smallest absolute Gasteiger partial charge is 0.0936 e. The van der Waals surface area contributed by atoms with Gasteiger partial charge in [-0.2, -0.15) is 0 Å². The zero-order valence-corrected chi connectivity index (χ0v) is 22.5. The van der Waals surface area contributed by atoms with Gasteiger partial charge in [-0.05, 0) is 60.8 Å². The van der Waals surface area contributed by atoms with Crippen molar-refractivity contribution in [3.63, 3.8) is 0 Å². The van der Waals surface area contributed by atoms with Gasteiger partial charge in [0, 0.05) is 13.2 Å². The molecule has 4 aromatic rings. The fraction of sp³-hybridized carbons (Fsp3) is 0.250. The van der Waals surface area contributed by atoms with Crippen LogP contribution in [0.2, 0.25) is 0 Å². The van der Waals surface area contributed by atoms with Crippen LogP contribution in [0.15, 0.2) is 115 Å². The summed E-state index contributed by atoms with van der Waals surface area (Å²) in [7, 11) is -2.13. The third kappa shape index (κ3) is 5.01. The highest BCUT2D eigenvalue weighted by atomic mass is 31.2. The second-order valence-corrected chi connectivity index (χ2v) is 16.5. The van der Waals surface area contributed by atoms with E-state index in [2.05, 4.69) is 129 Å². The zero-order chi connectivity index (χ0) is 24.3. The average Bonchev–Trinajstić information content (AvgIpc) is 3.42. The Kier molecular flexibility index (Phi) is 7.50. The summed E-state index contributed by atoms with van der Waals surface area (Å²) in [5, 5.41) is 17.5. The fourth-order valence-corrected chi connectivity index (χ4v) is 11.8. The van der Waals surface area contributed by atoms with Gasteiger partial charge in [0.2, 0.25) is 0 Å². The second-order valence-electron chi connectivity index (χ2n) is 10.0. The molecule has 0 bridgehead atoms. The largest absolute Gasteiger partial charge is 0.388 e. The Balaban J connectivity index is 1.55. The summed E-state index contributed by atoms with van der Waals surface area (Å²) < 4.78 is 0. The molecule has 3 heteroatoms. The fourth-order valence-electron chi connectivity index (χ4n) is 5.90. The van der Waals surface area contributed by atoms with Gasteiger partial charge in [-0.25, -0.2) is 0 Å². The van der Waals surface area contributed by atoms with Gasteiger partial charge >= 0.3 is 0 Å². The summed E-state index contributed by atoms with van der Waals surface area (Å²) in [6.45, 7) is 4.95. The molecule has 1 nitrogen and oxygen atoms in total. The molecular formula is C32H35OP2+. The van der Waals surface area contributed by atoms with Gasteiger partial charge in [-0.15, -0.1) is 0 Å². The Morgan fingerprint density at radius 3 is 1.80 bits per heavy atom. The second kappa shape index (κ2) is 10.8. The van der Waals surface area contributed by atoms with Gasteiger partial charge in [0.1, 0.15) is 0 Å². The molecule has 1 N–H and O–H groups in total. The molecule has 3 atom stereocenters. The van der Waals surface area contributed by atoms with Gasteiger partial charge in [-0.3, -0.25) is 0 Å². The first-order chi connectivity index (χ1) is 17.1. The van der Waals surface area contributed by atoms with Crippen LogP contribution in [-0.2, 0) is 0 Å². The molecule has 2 unspecified atom stereocenters. The number of hydrogen-bond donors (Lipinski definition) is 1. The lowest BCUT2D eigenvalue weighted by atomic mass is 9.94. The summed E-state index contributed by atoms with van der Waals surface area (Å²) in [6.07, 6.45) is 3.08. The molecule has 0 heterocycles. The van der Waals surface area contributed by atoms with Crippen molar-refractivity contribution in [2.24, 2.45) is 5.92 Å². The zero-order valence-electron chi connectivity index (χ0n) is 20.7. The summed E-state index contributed by atoms with van der Waals surface area (Å²) in [5.74, 6) is 0.295. The van der Waals surface area contributed by atoms with Gasteiger partial charge in [0.15, 0.2) is 0 Å². The SMILES string of the molecule is C[P+](C)(c1ccccc1)C1CCCC1[C@@H](O)c1ccccc1P(c1ccccc1)c1ccccc1. The molecule has 0 spiro atoms. The van der Waals surface area contributed by atoms with Gasteiger partial charge in [0.25, 0.3) is 0 Å². The molecular weight excluding hydrogens is 462 g/mol. The molecule has 4 aromatic carbocycles. The Morgan fingerprint density at radius 2 is 1.20 bits per heavy atom.